The second-order valence-corrected chi connectivity index (χ2v) is 11.6. The molecule has 0 aliphatic heterocycles. The number of benzene rings is 3. The number of aromatic nitrogens is 2. The number of nitrogens with one attached hydrogen (secondary N) is 2. The van der Waals surface area contributed by atoms with E-state index in [0.717, 1.165) is 46.9 Å². The van der Waals surface area contributed by atoms with Crippen molar-refractivity contribution in [3.63, 3.8) is 0 Å². The fraction of sp³-hybridized carbons (Fsp3) is 0.310. The van der Waals surface area contributed by atoms with Crippen molar-refractivity contribution < 1.29 is 13.2 Å². The lowest BCUT2D eigenvalue weighted by atomic mass is 9.96. The summed E-state index contributed by atoms with van der Waals surface area (Å²) in [6.07, 6.45) is 8.79. The van der Waals surface area contributed by atoms with E-state index in [0.29, 0.717) is 23.4 Å². The minimum atomic E-state index is -3.86. The van der Waals surface area contributed by atoms with Gasteiger partial charge in [-0.1, -0.05) is 49.9 Å². The van der Waals surface area contributed by atoms with Crippen LogP contribution < -0.4 is 14.8 Å². The second kappa shape index (κ2) is 11.2. The van der Waals surface area contributed by atoms with Gasteiger partial charge in [-0.15, -0.1) is 0 Å². The minimum absolute atomic E-state index is 0.0178. The average molecular weight is 551 g/mol. The lowest BCUT2D eigenvalue weighted by molar-refractivity contribution is 0.416. The van der Waals surface area contributed by atoms with E-state index in [1.54, 1.807) is 37.4 Å². The van der Waals surface area contributed by atoms with E-state index < -0.39 is 10.0 Å². The Kier molecular flexibility index (Phi) is 7.72. The number of methoxy groups -OCH3 is 1. The molecule has 2 N–H and O–H groups in total. The molecule has 0 radical (unpaired) electrons. The zero-order chi connectivity index (χ0) is 26.7. The van der Waals surface area contributed by atoms with Crippen LogP contribution in [-0.4, -0.2) is 31.5 Å². The fourth-order valence-electron chi connectivity index (χ4n) is 5.01. The summed E-state index contributed by atoms with van der Waals surface area (Å²) >= 11 is 6.12. The standard InChI is InChI=1S/C29H31ClN4O3S/c1-3-19-15-20(16-21-18-31-29(33-28(19)21)32-22-9-5-4-6-10-22)24-14-13-23(17-26(24)37-2)34-38(35,36)27-12-8-7-11-25(27)30/h7-8,11-18,22,34H,3-6,9-10H2,1-2H3,(H,31,32,33). The van der Waals surface area contributed by atoms with Gasteiger partial charge in [-0.3, -0.25) is 4.72 Å². The summed E-state index contributed by atoms with van der Waals surface area (Å²) in [6.45, 7) is 2.11. The van der Waals surface area contributed by atoms with E-state index in [-0.39, 0.29) is 9.92 Å². The topological polar surface area (TPSA) is 93.2 Å². The summed E-state index contributed by atoms with van der Waals surface area (Å²) in [5.74, 6) is 1.22. The van der Waals surface area contributed by atoms with Crippen LogP contribution in [0.4, 0.5) is 11.6 Å². The monoisotopic (exact) mass is 550 g/mol. The zero-order valence-corrected chi connectivity index (χ0v) is 23.1. The van der Waals surface area contributed by atoms with Crippen molar-refractivity contribution in [3.05, 3.63) is 71.4 Å². The van der Waals surface area contributed by atoms with Crippen LogP contribution in [0.3, 0.4) is 0 Å². The van der Waals surface area contributed by atoms with Gasteiger partial charge in [0.2, 0.25) is 5.95 Å². The third-order valence-corrected chi connectivity index (χ3v) is 8.85. The van der Waals surface area contributed by atoms with Gasteiger partial charge >= 0.3 is 0 Å². The van der Waals surface area contributed by atoms with E-state index in [2.05, 4.69) is 28.0 Å². The van der Waals surface area contributed by atoms with Crippen molar-refractivity contribution in [2.24, 2.45) is 0 Å². The van der Waals surface area contributed by atoms with Crippen LogP contribution in [0.2, 0.25) is 5.02 Å². The van der Waals surface area contributed by atoms with Gasteiger partial charge in [0.15, 0.2) is 0 Å². The number of rotatable bonds is 8. The molecule has 9 heteroatoms. The molecule has 38 heavy (non-hydrogen) atoms. The van der Waals surface area contributed by atoms with E-state index >= 15 is 0 Å². The highest BCUT2D eigenvalue weighted by Crippen LogP contribution is 2.36. The fourth-order valence-corrected chi connectivity index (χ4v) is 6.58. The molecule has 0 amide bonds. The van der Waals surface area contributed by atoms with Crippen LogP contribution in [0.15, 0.2) is 65.7 Å². The largest absolute Gasteiger partial charge is 0.496 e. The Bertz CT molecular complexity index is 1570. The smallest absolute Gasteiger partial charge is 0.263 e. The van der Waals surface area contributed by atoms with Crippen molar-refractivity contribution in [1.29, 1.82) is 0 Å². The predicted molar refractivity (Wildman–Crippen MR) is 154 cm³/mol. The molecule has 1 aliphatic carbocycles. The lowest BCUT2D eigenvalue weighted by Gasteiger charge is -2.23. The first-order chi connectivity index (χ1) is 18.4. The summed E-state index contributed by atoms with van der Waals surface area (Å²) < 4.78 is 34.1. The number of halogens is 1. The third-order valence-electron chi connectivity index (χ3n) is 6.97. The first kappa shape index (κ1) is 26.3. The maximum absolute atomic E-state index is 12.9. The van der Waals surface area contributed by atoms with Crippen LogP contribution in [0.1, 0.15) is 44.6 Å². The van der Waals surface area contributed by atoms with Crippen molar-refractivity contribution in [3.8, 4) is 16.9 Å². The molecule has 1 saturated carbocycles. The molecule has 0 unspecified atom stereocenters. The lowest BCUT2D eigenvalue weighted by Crippen LogP contribution is -2.23. The SMILES string of the molecule is CCc1cc(-c2ccc(NS(=O)(=O)c3ccccc3Cl)cc2OC)cc2cnc(NC3CCCCC3)nc12. The first-order valence-electron chi connectivity index (χ1n) is 12.9. The number of nitrogens with zero attached hydrogens (tertiary/aromatic N) is 2. The minimum Gasteiger partial charge on any atom is -0.496 e. The van der Waals surface area contributed by atoms with Gasteiger partial charge in [0.1, 0.15) is 10.6 Å². The highest BCUT2D eigenvalue weighted by Gasteiger charge is 2.19. The molecular formula is C29H31ClN4O3S. The van der Waals surface area contributed by atoms with Crippen molar-refractivity contribution in [2.45, 2.75) is 56.4 Å². The molecule has 1 aliphatic rings. The maximum atomic E-state index is 12.9. The van der Waals surface area contributed by atoms with E-state index in [1.807, 2.05) is 18.3 Å². The Morgan fingerprint density at radius 2 is 1.84 bits per heavy atom. The van der Waals surface area contributed by atoms with Crippen molar-refractivity contribution in [1.82, 2.24) is 9.97 Å². The normalized spacial score (nSPS) is 14.4. The Balaban J connectivity index is 1.46. The van der Waals surface area contributed by atoms with Gasteiger partial charge < -0.3 is 10.1 Å². The number of sulfonamides is 1. The molecule has 0 atom stereocenters. The molecule has 198 valence electrons. The summed E-state index contributed by atoms with van der Waals surface area (Å²) in [4.78, 5) is 9.49. The molecule has 1 fully saturated rings. The van der Waals surface area contributed by atoms with Crippen LogP contribution in [0.5, 0.6) is 5.75 Å². The molecule has 0 saturated heterocycles. The molecular weight excluding hydrogens is 520 g/mol. The zero-order valence-electron chi connectivity index (χ0n) is 21.5. The molecule has 3 aromatic carbocycles. The maximum Gasteiger partial charge on any atom is 0.263 e. The summed E-state index contributed by atoms with van der Waals surface area (Å²) in [5.41, 5.74) is 4.21. The summed E-state index contributed by atoms with van der Waals surface area (Å²) in [7, 11) is -2.29. The number of ether oxygens (including phenoxy) is 1. The number of hydrogen-bond acceptors (Lipinski definition) is 6. The van der Waals surface area contributed by atoms with Gasteiger partial charge in [-0.2, -0.15) is 0 Å². The van der Waals surface area contributed by atoms with E-state index in [9.17, 15) is 8.42 Å². The van der Waals surface area contributed by atoms with Gasteiger partial charge in [0, 0.05) is 29.3 Å². The van der Waals surface area contributed by atoms with Gasteiger partial charge in [-0.05, 0) is 66.8 Å². The molecule has 5 rings (SSSR count). The quantitative estimate of drug-likeness (QED) is 0.244. The van der Waals surface area contributed by atoms with Gasteiger partial charge in [0.05, 0.1) is 23.3 Å². The van der Waals surface area contributed by atoms with Crippen LogP contribution in [0, 0.1) is 0 Å². The Morgan fingerprint density at radius 1 is 1.05 bits per heavy atom. The van der Waals surface area contributed by atoms with E-state index in [1.165, 1.54) is 25.3 Å². The Labute approximate surface area is 228 Å². The molecule has 0 spiro atoms. The Hall–Kier alpha value is -3.36. The summed E-state index contributed by atoms with van der Waals surface area (Å²) in [5, 5.41) is 4.62. The summed E-state index contributed by atoms with van der Waals surface area (Å²) in [6, 6.07) is 16.2. The highest BCUT2D eigenvalue weighted by atomic mass is 35.5. The number of hydrogen-bond donors (Lipinski definition) is 2. The number of anilines is 2. The molecule has 1 aromatic heterocycles. The molecule has 0 bridgehead atoms. The average Bonchev–Trinajstić information content (AvgIpc) is 2.93. The van der Waals surface area contributed by atoms with Crippen LogP contribution >= 0.6 is 11.6 Å². The molecule has 1 heterocycles. The second-order valence-electron chi connectivity index (χ2n) is 9.55. The molecule has 4 aromatic rings. The van der Waals surface area contributed by atoms with Crippen LogP contribution in [0.25, 0.3) is 22.0 Å². The number of aryl methyl sites for hydroxylation is 1. The number of fused-ring (bicyclic) bond motifs is 1. The third kappa shape index (κ3) is 5.56. The van der Waals surface area contributed by atoms with Crippen molar-refractivity contribution >= 4 is 44.2 Å². The molecule has 7 nitrogen and oxygen atoms in total. The van der Waals surface area contributed by atoms with Gasteiger partial charge in [-0.25, -0.2) is 18.4 Å². The highest BCUT2D eigenvalue weighted by molar-refractivity contribution is 7.92. The van der Waals surface area contributed by atoms with Crippen LogP contribution in [-0.2, 0) is 16.4 Å². The Morgan fingerprint density at radius 3 is 2.58 bits per heavy atom. The first-order valence-corrected chi connectivity index (χ1v) is 14.8. The predicted octanol–water partition coefficient (Wildman–Crippen LogP) is 7.07. The van der Waals surface area contributed by atoms with Gasteiger partial charge in [0.25, 0.3) is 10.0 Å². The van der Waals surface area contributed by atoms with Crippen molar-refractivity contribution in [2.75, 3.05) is 17.1 Å². The van der Waals surface area contributed by atoms with E-state index in [4.69, 9.17) is 21.3 Å².